The summed E-state index contributed by atoms with van der Waals surface area (Å²) >= 11 is 0. The maximum atomic E-state index is 13.3. The number of aryl methyl sites for hydroxylation is 1. The van der Waals surface area contributed by atoms with Crippen LogP contribution in [0.1, 0.15) is 47.2 Å². The minimum Gasteiger partial charge on any atom is -0.485 e. The van der Waals surface area contributed by atoms with Crippen molar-refractivity contribution in [2.75, 3.05) is 5.32 Å². The quantitative estimate of drug-likeness (QED) is 0.454. The van der Waals surface area contributed by atoms with Gasteiger partial charge in [0.1, 0.15) is 23.9 Å². The predicted octanol–water partition coefficient (Wildman–Crippen LogP) is 6.28. The second-order valence-corrected chi connectivity index (χ2v) is 7.22. The molecule has 8 heteroatoms. The molecule has 5 nitrogen and oxygen atoms in total. The number of rotatable bonds is 8. The van der Waals surface area contributed by atoms with Gasteiger partial charge in [-0.1, -0.05) is 26.0 Å². The number of benzene rings is 2. The predicted molar refractivity (Wildman–Crippen MR) is 109 cm³/mol. The normalized spacial score (nSPS) is 11.1. The average Bonchev–Trinajstić information content (AvgIpc) is 3.17. The summed E-state index contributed by atoms with van der Waals surface area (Å²) < 4.78 is 54.0. The third kappa shape index (κ3) is 5.81. The van der Waals surface area contributed by atoms with E-state index < -0.39 is 24.1 Å². The minimum atomic E-state index is -3.16. The summed E-state index contributed by atoms with van der Waals surface area (Å²) in [4.78, 5) is 12.4. The fourth-order valence-electron chi connectivity index (χ4n) is 2.95. The zero-order chi connectivity index (χ0) is 22.5. The van der Waals surface area contributed by atoms with Crippen LogP contribution in [-0.2, 0) is 6.61 Å². The van der Waals surface area contributed by atoms with Crippen molar-refractivity contribution >= 4 is 11.6 Å². The number of halogens is 3. The molecule has 0 aliphatic carbocycles. The molecule has 0 atom stereocenters. The number of amides is 1. The molecule has 164 valence electrons. The Balaban J connectivity index is 1.69. The molecule has 1 heterocycles. The van der Waals surface area contributed by atoms with Crippen LogP contribution < -0.4 is 14.8 Å². The van der Waals surface area contributed by atoms with Gasteiger partial charge in [0.05, 0.1) is 5.69 Å². The van der Waals surface area contributed by atoms with Crippen LogP contribution in [0.4, 0.5) is 18.9 Å². The molecular formula is C23H22F3NO4. The van der Waals surface area contributed by atoms with E-state index in [2.05, 4.69) is 23.9 Å². The molecule has 1 N–H and O–H groups in total. The molecule has 0 spiro atoms. The topological polar surface area (TPSA) is 60.7 Å². The Bertz CT molecular complexity index is 1060. The van der Waals surface area contributed by atoms with E-state index in [1.165, 1.54) is 6.07 Å². The Labute approximate surface area is 177 Å². The van der Waals surface area contributed by atoms with Crippen molar-refractivity contribution < 1.29 is 31.9 Å². The van der Waals surface area contributed by atoms with Crippen molar-refractivity contribution in [2.24, 2.45) is 0 Å². The Morgan fingerprint density at radius 1 is 1.06 bits per heavy atom. The van der Waals surface area contributed by atoms with Gasteiger partial charge in [-0.15, -0.1) is 0 Å². The van der Waals surface area contributed by atoms with Crippen LogP contribution in [0.3, 0.4) is 0 Å². The van der Waals surface area contributed by atoms with E-state index in [1.54, 1.807) is 6.07 Å². The summed E-state index contributed by atoms with van der Waals surface area (Å²) in [5.74, 6) is -0.604. The molecule has 0 bridgehead atoms. The van der Waals surface area contributed by atoms with E-state index in [-0.39, 0.29) is 24.0 Å². The summed E-state index contributed by atoms with van der Waals surface area (Å²) in [5.41, 5.74) is 2.00. The Hall–Kier alpha value is -3.42. The maximum Gasteiger partial charge on any atom is 0.387 e. The zero-order valence-electron chi connectivity index (χ0n) is 17.2. The number of anilines is 1. The fourth-order valence-corrected chi connectivity index (χ4v) is 2.95. The van der Waals surface area contributed by atoms with Gasteiger partial charge in [-0.2, -0.15) is 8.78 Å². The second-order valence-electron chi connectivity index (χ2n) is 7.22. The van der Waals surface area contributed by atoms with E-state index >= 15 is 0 Å². The lowest BCUT2D eigenvalue weighted by Gasteiger charge is -2.14. The lowest BCUT2D eigenvalue weighted by Crippen LogP contribution is -2.13. The van der Waals surface area contributed by atoms with Crippen molar-refractivity contribution in [1.29, 1.82) is 0 Å². The maximum absolute atomic E-state index is 13.3. The molecule has 0 aliphatic heterocycles. The van der Waals surface area contributed by atoms with E-state index in [1.807, 2.05) is 25.1 Å². The fraction of sp³-hybridized carbons (Fsp3) is 0.261. The highest BCUT2D eigenvalue weighted by atomic mass is 19.3. The summed E-state index contributed by atoms with van der Waals surface area (Å²) in [6, 6.07) is 11.9. The van der Waals surface area contributed by atoms with E-state index in [4.69, 9.17) is 9.15 Å². The summed E-state index contributed by atoms with van der Waals surface area (Å²) in [7, 11) is 0. The molecule has 1 aromatic heterocycles. The second kappa shape index (κ2) is 9.59. The number of ether oxygens (including phenoxy) is 2. The molecule has 0 saturated heterocycles. The van der Waals surface area contributed by atoms with Crippen molar-refractivity contribution in [1.82, 2.24) is 0 Å². The van der Waals surface area contributed by atoms with Gasteiger partial charge in [-0.3, -0.25) is 4.79 Å². The third-order valence-electron chi connectivity index (χ3n) is 4.45. The highest BCUT2D eigenvalue weighted by Crippen LogP contribution is 2.29. The molecule has 0 saturated carbocycles. The van der Waals surface area contributed by atoms with Gasteiger partial charge in [0.2, 0.25) is 0 Å². The summed E-state index contributed by atoms with van der Waals surface area (Å²) in [6.45, 7) is 3.03. The number of hydrogen-bond donors (Lipinski definition) is 1. The smallest absolute Gasteiger partial charge is 0.387 e. The number of carbonyl (C=O) groups is 1. The first-order chi connectivity index (χ1) is 14.7. The van der Waals surface area contributed by atoms with Gasteiger partial charge in [0.15, 0.2) is 11.5 Å². The number of nitrogens with one attached hydrogen (secondary N) is 1. The van der Waals surface area contributed by atoms with Crippen molar-refractivity contribution in [2.45, 2.75) is 39.9 Å². The zero-order valence-corrected chi connectivity index (χ0v) is 17.2. The molecule has 3 rings (SSSR count). The van der Waals surface area contributed by atoms with Gasteiger partial charge < -0.3 is 19.2 Å². The first kappa shape index (κ1) is 22.3. The molecule has 0 fully saturated rings. The Kier molecular flexibility index (Phi) is 6.89. The molecule has 0 aliphatic rings. The Morgan fingerprint density at radius 2 is 1.84 bits per heavy atom. The van der Waals surface area contributed by atoms with Crippen molar-refractivity contribution in [3.05, 3.63) is 77.0 Å². The van der Waals surface area contributed by atoms with Gasteiger partial charge >= 0.3 is 6.61 Å². The van der Waals surface area contributed by atoms with Gasteiger partial charge in [-0.25, -0.2) is 4.39 Å². The molecule has 2 aromatic carbocycles. The molecular weight excluding hydrogens is 411 g/mol. The van der Waals surface area contributed by atoms with Crippen molar-refractivity contribution in [3.8, 4) is 11.5 Å². The summed E-state index contributed by atoms with van der Waals surface area (Å²) in [6.07, 6.45) is 0. The van der Waals surface area contributed by atoms with Crippen LogP contribution in [0.5, 0.6) is 11.5 Å². The van der Waals surface area contributed by atoms with Crippen LogP contribution in [0.25, 0.3) is 0 Å². The van der Waals surface area contributed by atoms with Crippen molar-refractivity contribution in [3.63, 3.8) is 0 Å². The first-order valence-electron chi connectivity index (χ1n) is 9.60. The van der Waals surface area contributed by atoms with E-state index in [0.717, 1.165) is 35.1 Å². The molecule has 3 aromatic rings. The number of furan rings is 1. The van der Waals surface area contributed by atoms with Crippen LogP contribution in [0.2, 0.25) is 0 Å². The molecule has 0 radical (unpaired) electrons. The first-order valence-corrected chi connectivity index (χ1v) is 9.60. The van der Waals surface area contributed by atoms with Crippen LogP contribution in [-0.4, -0.2) is 12.5 Å². The van der Waals surface area contributed by atoms with Crippen LogP contribution in [0, 0.1) is 12.7 Å². The third-order valence-corrected chi connectivity index (χ3v) is 4.45. The van der Waals surface area contributed by atoms with Crippen LogP contribution >= 0.6 is 0 Å². The highest BCUT2D eigenvalue weighted by Gasteiger charge is 2.17. The van der Waals surface area contributed by atoms with Crippen LogP contribution in [0.15, 0.2) is 52.9 Å². The largest absolute Gasteiger partial charge is 0.485 e. The molecule has 31 heavy (non-hydrogen) atoms. The SMILES string of the molecule is Cc1ccc(C(C)C)c(OCc2ccc(C(=O)Nc3ccc(F)cc3OC(F)F)o2)c1. The number of carbonyl (C=O) groups excluding carboxylic acids is 1. The van der Waals surface area contributed by atoms with Gasteiger partial charge in [0.25, 0.3) is 5.91 Å². The number of alkyl halides is 2. The highest BCUT2D eigenvalue weighted by molar-refractivity contribution is 6.03. The van der Waals surface area contributed by atoms with E-state index in [0.29, 0.717) is 5.76 Å². The standard InChI is InChI=1S/C23H22F3NO4/c1-13(2)17-7-4-14(3)10-20(17)29-12-16-6-9-19(30-16)22(28)27-18-8-5-15(24)11-21(18)31-23(25)26/h4-11,13,23H,12H2,1-3H3,(H,27,28). The average molecular weight is 433 g/mol. The monoisotopic (exact) mass is 433 g/mol. The Morgan fingerprint density at radius 3 is 2.55 bits per heavy atom. The lowest BCUT2D eigenvalue weighted by atomic mass is 10.0. The summed E-state index contributed by atoms with van der Waals surface area (Å²) in [5, 5.41) is 2.38. The number of hydrogen-bond acceptors (Lipinski definition) is 4. The minimum absolute atomic E-state index is 0.0563. The molecule has 0 unspecified atom stereocenters. The molecule has 1 amide bonds. The van der Waals surface area contributed by atoms with E-state index in [9.17, 15) is 18.0 Å². The van der Waals surface area contributed by atoms with Gasteiger partial charge in [-0.05, 0) is 54.3 Å². The lowest BCUT2D eigenvalue weighted by molar-refractivity contribution is -0.0495. The van der Waals surface area contributed by atoms with Gasteiger partial charge in [0, 0.05) is 6.07 Å².